The molecular formula is C35H34F2N4O5. The first-order valence-electron chi connectivity index (χ1n) is 15.5. The van der Waals surface area contributed by atoms with Crippen molar-refractivity contribution in [3.63, 3.8) is 0 Å². The number of halogens is 2. The van der Waals surface area contributed by atoms with E-state index in [-0.39, 0.29) is 17.0 Å². The minimum absolute atomic E-state index is 0.0201. The second kappa shape index (κ2) is 11.9. The largest absolute Gasteiger partial charge is 0.493 e. The molecular weight excluding hydrogens is 594 g/mol. The average Bonchev–Trinajstić information content (AvgIpc) is 3.91. The maximum Gasteiger partial charge on any atom is 0.240 e. The first-order chi connectivity index (χ1) is 22.3. The Labute approximate surface area is 264 Å². The van der Waals surface area contributed by atoms with Crippen LogP contribution >= 0.6 is 0 Å². The molecule has 3 aromatic carbocycles. The zero-order valence-corrected chi connectivity index (χ0v) is 25.3. The highest BCUT2D eigenvalue weighted by Crippen LogP contribution is 2.48. The minimum atomic E-state index is -1.32. The first-order valence-corrected chi connectivity index (χ1v) is 15.5. The number of benzene rings is 3. The molecule has 3 fully saturated rings. The van der Waals surface area contributed by atoms with Gasteiger partial charge in [0, 0.05) is 29.4 Å². The Kier molecular flexibility index (Phi) is 7.72. The fourth-order valence-electron chi connectivity index (χ4n) is 5.41. The number of hydrogen-bond acceptors (Lipinski definition) is 7. The van der Waals surface area contributed by atoms with Gasteiger partial charge < -0.3 is 30.2 Å². The van der Waals surface area contributed by atoms with Crippen LogP contribution in [0.3, 0.4) is 0 Å². The SMILES string of the molecule is COc1cc2c(Oc3ccc(NC(=O)C4(C(=O)Nc5ccc(F)cc5)CC4)c(F)c3)ccnc2cc1OCC1(NCC2CC2)CC1. The van der Waals surface area contributed by atoms with Crippen LogP contribution in [0.15, 0.2) is 66.9 Å². The quantitative estimate of drug-likeness (QED) is 0.144. The van der Waals surface area contributed by atoms with E-state index in [9.17, 15) is 14.0 Å². The van der Waals surface area contributed by atoms with Crippen LogP contribution < -0.4 is 30.2 Å². The molecule has 1 heterocycles. The lowest BCUT2D eigenvalue weighted by molar-refractivity contribution is -0.131. The molecule has 0 bridgehead atoms. The highest BCUT2D eigenvalue weighted by atomic mass is 19.1. The van der Waals surface area contributed by atoms with Gasteiger partial charge in [-0.1, -0.05) is 0 Å². The summed E-state index contributed by atoms with van der Waals surface area (Å²) in [6.07, 6.45) is 7.00. The Hall–Kier alpha value is -4.77. The predicted molar refractivity (Wildman–Crippen MR) is 168 cm³/mol. The smallest absolute Gasteiger partial charge is 0.240 e. The third-order valence-electron chi connectivity index (χ3n) is 8.95. The molecule has 0 unspecified atom stereocenters. The van der Waals surface area contributed by atoms with Gasteiger partial charge in [-0.2, -0.15) is 0 Å². The Morgan fingerprint density at radius 1 is 0.891 bits per heavy atom. The van der Waals surface area contributed by atoms with E-state index in [1.165, 1.54) is 55.3 Å². The van der Waals surface area contributed by atoms with Crippen LogP contribution in [0.25, 0.3) is 10.9 Å². The first kappa shape index (κ1) is 29.9. The molecule has 7 rings (SSSR count). The summed E-state index contributed by atoms with van der Waals surface area (Å²) < 4.78 is 46.3. The van der Waals surface area contributed by atoms with Crippen molar-refractivity contribution in [2.45, 2.75) is 44.1 Å². The molecule has 2 amide bonds. The number of carbonyl (C=O) groups excluding carboxylic acids is 2. The summed E-state index contributed by atoms with van der Waals surface area (Å²) in [5, 5.41) is 9.50. The Bertz CT molecular complexity index is 1800. The standard InChI is InChI=1S/C35H34F2N4O5/c1-44-30-17-25-28(18-31(30)45-20-34(11-12-34)39-19-21-2-3-21)38-15-10-29(25)46-24-8-9-27(26(37)16-24)41-33(43)35(13-14-35)32(42)40-23-6-4-22(36)5-7-23/h4-10,15-18,21,39H,2-3,11-14,19-20H2,1H3,(H,40,42)(H,41,43). The van der Waals surface area contributed by atoms with Crippen molar-refractivity contribution in [1.82, 2.24) is 10.3 Å². The second-order valence-electron chi connectivity index (χ2n) is 12.5. The summed E-state index contributed by atoms with van der Waals surface area (Å²) in [5.74, 6) is 0.247. The van der Waals surface area contributed by atoms with Crippen LogP contribution in [-0.4, -0.2) is 42.6 Å². The molecule has 3 aliphatic rings. The van der Waals surface area contributed by atoms with Gasteiger partial charge in [-0.25, -0.2) is 8.78 Å². The maximum atomic E-state index is 15.2. The van der Waals surface area contributed by atoms with E-state index < -0.39 is 28.9 Å². The third-order valence-corrected chi connectivity index (χ3v) is 8.95. The number of methoxy groups -OCH3 is 1. The van der Waals surface area contributed by atoms with Crippen LogP contribution in [0, 0.1) is 23.0 Å². The number of nitrogens with zero attached hydrogens (tertiary/aromatic N) is 1. The molecule has 238 valence electrons. The van der Waals surface area contributed by atoms with Crippen molar-refractivity contribution in [2.75, 3.05) is 30.9 Å². The van der Waals surface area contributed by atoms with E-state index >= 15 is 4.39 Å². The Morgan fingerprint density at radius 2 is 1.65 bits per heavy atom. The van der Waals surface area contributed by atoms with Crippen molar-refractivity contribution in [1.29, 1.82) is 0 Å². The van der Waals surface area contributed by atoms with E-state index in [1.807, 2.05) is 6.07 Å². The fourth-order valence-corrected chi connectivity index (χ4v) is 5.41. The van der Waals surface area contributed by atoms with Gasteiger partial charge in [0.25, 0.3) is 0 Å². The molecule has 46 heavy (non-hydrogen) atoms. The topological polar surface area (TPSA) is 111 Å². The van der Waals surface area contributed by atoms with E-state index in [0.29, 0.717) is 53.3 Å². The number of carbonyl (C=O) groups is 2. The molecule has 0 atom stereocenters. The lowest BCUT2D eigenvalue weighted by atomic mass is 10.0. The molecule has 0 aliphatic heterocycles. The van der Waals surface area contributed by atoms with E-state index in [1.54, 1.807) is 25.4 Å². The van der Waals surface area contributed by atoms with E-state index in [4.69, 9.17) is 14.2 Å². The molecule has 1 aromatic heterocycles. The van der Waals surface area contributed by atoms with Crippen molar-refractivity contribution >= 4 is 34.1 Å². The number of ether oxygens (including phenoxy) is 3. The van der Waals surface area contributed by atoms with Crippen molar-refractivity contribution < 1.29 is 32.6 Å². The molecule has 0 radical (unpaired) electrons. The summed E-state index contributed by atoms with van der Waals surface area (Å²) in [4.78, 5) is 30.4. The molecule has 3 aliphatic carbocycles. The lowest BCUT2D eigenvalue weighted by Gasteiger charge is -2.20. The zero-order valence-electron chi connectivity index (χ0n) is 25.3. The Morgan fingerprint density at radius 3 is 2.33 bits per heavy atom. The number of aromatic nitrogens is 1. The highest BCUT2D eigenvalue weighted by Gasteiger charge is 2.56. The summed E-state index contributed by atoms with van der Waals surface area (Å²) in [6, 6.07) is 14.6. The van der Waals surface area contributed by atoms with Crippen molar-refractivity contribution in [3.8, 4) is 23.0 Å². The van der Waals surface area contributed by atoms with Crippen LogP contribution in [0.1, 0.15) is 38.5 Å². The maximum absolute atomic E-state index is 15.2. The number of anilines is 2. The molecule has 3 N–H and O–H groups in total. The summed E-state index contributed by atoms with van der Waals surface area (Å²) in [7, 11) is 1.57. The number of amides is 2. The number of rotatable bonds is 13. The number of nitrogens with one attached hydrogen (secondary N) is 3. The zero-order chi connectivity index (χ0) is 31.9. The average molecular weight is 629 g/mol. The van der Waals surface area contributed by atoms with Crippen LogP contribution in [0.4, 0.5) is 20.2 Å². The molecule has 0 saturated heterocycles. The van der Waals surface area contributed by atoms with E-state index in [0.717, 1.165) is 25.3 Å². The van der Waals surface area contributed by atoms with Gasteiger partial charge in [0.2, 0.25) is 11.8 Å². The van der Waals surface area contributed by atoms with Gasteiger partial charge in [-0.15, -0.1) is 0 Å². The number of pyridine rings is 1. The summed E-state index contributed by atoms with van der Waals surface area (Å²) in [6.45, 7) is 1.57. The van der Waals surface area contributed by atoms with Gasteiger partial charge >= 0.3 is 0 Å². The number of hydrogen-bond donors (Lipinski definition) is 3. The van der Waals surface area contributed by atoms with Crippen LogP contribution in [0.2, 0.25) is 0 Å². The third kappa shape index (κ3) is 6.32. The van der Waals surface area contributed by atoms with Crippen molar-refractivity contribution in [2.24, 2.45) is 11.3 Å². The van der Waals surface area contributed by atoms with Gasteiger partial charge in [-0.05, 0) is 99.5 Å². The molecule has 4 aromatic rings. The van der Waals surface area contributed by atoms with Crippen molar-refractivity contribution in [3.05, 3.63) is 78.5 Å². The minimum Gasteiger partial charge on any atom is -0.493 e. The van der Waals surface area contributed by atoms with Gasteiger partial charge in [0.05, 0.1) is 23.9 Å². The predicted octanol–water partition coefficient (Wildman–Crippen LogP) is 6.58. The normalized spacial score (nSPS) is 17.2. The molecule has 0 spiro atoms. The van der Waals surface area contributed by atoms with Gasteiger partial charge in [0.15, 0.2) is 11.5 Å². The molecule has 9 nitrogen and oxygen atoms in total. The van der Waals surface area contributed by atoms with Crippen LogP contribution in [0.5, 0.6) is 23.0 Å². The summed E-state index contributed by atoms with van der Waals surface area (Å²) >= 11 is 0. The Balaban J connectivity index is 1.02. The second-order valence-corrected chi connectivity index (χ2v) is 12.5. The summed E-state index contributed by atoms with van der Waals surface area (Å²) in [5.41, 5.74) is -0.388. The highest BCUT2D eigenvalue weighted by molar-refractivity contribution is 6.17. The van der Waals surface area contributed by atoms with E-state index in [2.05, 4.69) is 20.9 Å². The lowest BCUT2D eigenvalue weighted by Crippen LogP contribution is -2.38. The van der Waals surface area contributed by atoms with Gasteiger partial charge in [0.1, 0.15) is 35.2 Å². The molecule has 11 heteroatoms. The fraction of sp³-hybridized carbons (Fsp3) is 0.343. The van der Waals surface area contributed by atoms with Crippen LogP contribution in [-0.2, 0) is 9.59 Å². The molecule has 3 saturated carbocycles. The van der Waals surface area contributed by atoms with Gasteiger partial charge in [-0.3, -0.25) is 14.6 Å². The monoisotopic (exact) mass is 628 g/mol. The number of fused-ring (bicyclic) bond motifs is 1.